The molecule has 3 nitrogen and oxygen atoms in total. The molecular formula is C13H19N3S. The van der Waals surface area contributed by atoms with Crippen molar-refractivity contribution >= 4 is 22.9 Å². The van der Waals surface area contributed by atoms with Crippen LogP contribution in [0.1, 0.15) is 38.3 Å². The van der Waals surface area contributed by atoms with Gasteiger partial charge in [0.05, 0.1) is 5.69 Å². The highest BCUT2D eigenvalue weighted by molar-refractivity contribution is 7.80. The highest BCUT2D eigenvalue weighted by atomic mass is 32.1. The normalized spacial score (nSPS) is 16.1. The van der Waals surface area contributed by atoms with E-state index in [2.05, 4.69) is 16.8 Å². The summed E-state index contributed by atoms with van der Waals surface area (Å²) >= 11 is 4.98. The van der Waals surface area contributed by atoms with Gasteiger partial charge in [-0.3, -0.25) is 4.98 Å². The first-order valence-corrected chi connectivity index (χ1v) is 6.65. The number of anilines is 1. The number of pyridine rings is 1. The topological polar surface area (TPSA) is 42.2 Å². The number of nitrogens with zero attached hydrogens (tertiary/aromatic N) is 2. The Labute approximate surface area is 108 Å². The van der Waals surface area contributed by atoms with E-state index in [1.165, 1.54) is 31.4 Å². The van der Waals surface area contributed by atoms with E-state index in [0.717, 1.165) is 6.54 Å². The zero-order valence-corrected chi connectivity index (χ0v) is 11.0. The van der Waals surface area contributed by atoms with E-state index in [1.807, 2.05) is 12.1 Å². The Balaban J connectivity index is 2.23. The van der Waals surface area contributed by atoms with Crippen molar-refractivity contribution in [1.82, 2.24) is 4.98 Å². The summed E-state index contributed by atoms with van der Waals surface area (Å²) in [5, 5.41) is 0. The maximum absolute atomic E-state index is 5.63. The Kier molecular flexibility index (Phi) is 3.94. The first-order valence-electron chi connectivity index (χ1n) is 6.25. The molecule has 0 atom stereocenters. The Morgan fingerprint density at radius 1 is 1.53 bits per heavy atom. The largest absolute Gasteiger partial charge is 0.388 e. The fraction of sp³-hybridized carbons (Fsp3) is 0.538. The summed E-state index contributed by atoms with van der Waals surface area (Å²) in [5.41, 5.74) is 7.54. The van der Waals surface area contributed by atoms with Crippen molar-refractivity contribution in [3.05, 3.63) is 24.0 Å². The number of thiocarbonyl (C=S) groups is 1. The summed E-state index contributed by atoms with van der Waals surface area (Å²) in [6.45, 7) is 3.21. The second kappa shape index (κ2) is 5.45. The minimum absolute atomic E-state index is 0.370. The van der Waals surface area contributed by atoms with Crippen molar-refractivity contribution in [3.8, 4) is 0 Å². The molecule has 1 saturated carbocycles. The molecule has 2 rings (SSSR count). The first-order chi connectivity index (χ1) is 8.22. The SMILES string of the molecule is CCN(c1ccnc(C(N)=S)c1)C1CCCC1. The third-order valence-electron chi connectivity index (χ3n) is 3.43. The van der Waals surface area contributed by atoms with Gasteiger partial charge in [-0.05, 0) is 31.9 Å². The molecule has 1 heterocycles. The molecule has 0 radical (unpaired) electrons. The van der Waals surface area contributed by atoms with E-state index in [9.17, 15) is 0 Å². The number of hydrogen-bond acceptors (Lipinski definition) is 3. The van der Waals surface area contributed by atoms with Gasteiger partial charge in [-0.15, -0.1) is 0 Å². The molecule has 0 unspecified atom stereocenters. The van der Waals surface area contributed by atoms with Crippen LogP contribution in [0.4, 0.5) is 5.69 Å². The highest BCUT2D eigenvalue weighted by Gasteiger charge is 2.21. The Bertz CT molecular complexity index is 399. The lowest BCUT2D eigenvalue weighted by atomic mass is 10.2. The minimum atomic E-state index is 0.370. The summed E-state index contributed by atoms with van der Waals surface area (Å²) in [6.07, 6.45) is 7.06. The molecule has 1 fully saturated rings. The molecule has 0 aromatic carbocycles. The van der Waals surface area contributed by atoms with Crippen LogP contribution in [0.2, 0.25) is 0 Å². The summed E-state index contributed by atoms with van der Waals surface area (Å²) in [6, 6.07) is 4.72. The third-order valence-corrected chi connectivity index (χ3v) is 3.64. The molecule has 1 aliphatic carbocycles. The van der Waals surface area contributed by atoms with E-state index in [4.69, 9.17) is 18.0 Å². The molecule has 0 aliphatic heterocycles. The van der Waals surface area contributed by atoms with Crippen LogP contribution in [-0.2, 0) is 0 Å². The fourth-order valence-corrected chi connectivity index (χ4v) is 2.71. The van der Waals surface area contributed by atoms with Gasteiger partial charge in [0, 0.05) is 24.5 Å². The molecule has 92 valence electrons. The van der Waals surface area contributed by atoms with Gasteiger partial charge in [0.2, 0.25) is 0 Å². The summed E-state index contributed by atoms with van der Waals surface area (Å²) in [5.74, 6) is 0. The van der Waals surface area contributed by atoms with Crippen LogP contribution in [0.15, 0.2) is 18.3 Å². The molecule has 4 heteroatoms. The molecule has 0 amide bonds. The molecule has 1 aromatic rings. The van der Waals surface area contributed by atoms with Crippen molar-refractivity contribution in [2.75, 3.05) is 11.4 Å². The number of aromatic nitrogens is 1. The average Bonchev–Trinajstić information content (AvgIpc) is 2.84. The molecule has 1 aliphatic rings. The number of nitrogens with two attached hydrogens (primary N) is 1. The van der Waals surface area contributed by atoms with E-state index in [-0.39, 0.29) is 0 Å². The van der Waals surface area contributed by atoms with Crippen LogP contribution in [0, 0.1) is 0 Å². The van der Waals surface area contributed by atoms with Gasteiger partial charge in [-0.25, -0.2) is 0 Å². The Morgan fingerprint density at radius 2 is 2.24 bits per heavy atom. The van der Waals surface area contributed by atoms with Crippen molar-refractivity contribution < 1.29 is 0 Å². The fourth-order valence-electron chi connectivity index (χ4n) is 2.60. The molecule has 0 bridgehead atoms. The van der Waals surface area contributed by atoms with E-state index in [1.54, 1.807) is 6.20 Å². The van der Waals surface area contributed by atoms with Gasteiger partial charge in [0.1, 0.15) is 4.99 Å². The van der Waals surface area contributed by atoms with Crippen LogP contribution >= 0.6 is 12.2 Å². The maximum Gasteiger partial charge on any atom is 0.122 e. The predicted octanol–water partition coefficient (Wildman–Crippen LogP) is 2.48. The quantitative estimate of drug-likeness (QED) is 0.833. The van der Waals surface area contributed by atoms with Crippen molar-refractivity contribution in [3.63, 3.8) is 0 Å². The van der Waals surface area contributed by atoms with Crippen molar-refractivity contribution in [1.29, 1.82) is 0 Å². The lowest BCUT2D eigenvalue weighted by molar-refractivity contribution is 0.619. The zero-order chi connectivity index (χ0) is 12.3. The molecular weight excluding hydrogens is 230 g/mol. The van der Waals surface area contributed by atoms with Gasteiger partial charge in [0.25, 0.3) is 0 Å². The smallest absolute Gasteiger partial charge is 0.122 e. The molecule has 0 spiro atoms. The highest BCUT2D eigenvalue weighted by Crippen LogP contribution is 2.28. The van der Waals surface area contributed by atoms with Gasteiger partial charge < -0.3 is 10.6 Å². The summed E-state index contributed by atoms with van der Waals surface area (Å²) in [4.78, 5) is 7.00. The molecule has 17 heavy (non-hydrogen) atoms. The monoisotopic (exact) mass is 249 g/mol. The van der Waals surface area contributed by atoms with Gasteiger partial charge in [-0.1, -0.05) is 25.1 Å². The second-order valence-corrected chi connectivity index (χ2v) is 4.93. The van der Waals surface area contributed by atoms with Crippen molar-refractivity contribution in [2.45, 2.75) is 38.6 Å². The number of hydrogen-bond donors (Lipinski definition) is 1. The third kappa shape index (κ3) is 2.75. The number of rotatable bonds is 4. The molecule has 2 N–H and O–H groups in total. The lowest BCUT2D eigenvalue weighted by Crippen LogP contribution is -2.33. The van der Waals surface area contributed by atoms with E-state index in [0.29, 0.717) is 16.7 Å². The van der Waals surface area contributed by atoms with Crippen LogP contribution < -0.4 is 10.6 Å². The molecule has 0 saturated heterocycles. The average molecular weight is 249 g/mol. The summed E-state index contributed by atoms with van der Waals surface area (Å²) in [7, 11) is 0. The lowest BCUT2D eigenvalue weighted by Gasteiger charge is -2.30. The van der Waals surface area contributed by atoms with Gasteiger partial charge in [-0.2, -0.15) is 0 Å². The predicted molar refractivity (Wildman–Crippen MR) is 75.4 cm³/mol. The van der Waals surface area contributed by atoms with Crippen LogP contribution in [0.5, 0.6) is 0 Å². The maximum atomic E-state index is 5.63. The second-order valence-electron chi connectivity index (χ2n) is 4.49. The standard InChI is InChI=1S/C13H19N3S/c1-2-16(10-5-3-4-6-10)11-7-8-15-12(9-11)13(14)17/h7-10H,2-6H2,1H3,(H2,14,17). The van der Waals surface area contributed by atoms with Crippen LogP contribution in [0.3, 0.4) is 0 Å². The first kappa shape index (κ1) is 12.3. The van der Waals surface area contributed by atoms with Gasteiger partial charge in [0.15, 0.2) is 0 Å². The van der Waals surface area contributed by atoms with E-state index < -0.39 is 0 Å². The Hall–Kier alpha value is -1.16. The van der Waals surface area contributed by atoms with Crippen LogP contribution in [0.25, 0.3) is 0 Å². The minimum Gasteiger partial charge on any atom is -0.388 e. The summed E-state index contributed by atoms with van der Waals surface area (Å²) < 4.78 is 0. The molecule has 1 aromatic heterocycles. The van der Waals surface area contributed by atoms with Crippen molar-refractivity contribution in [2.24, 2.45) is 5.73 Å². The van der Waals surface area contributed by atoms with E-state index >= 15 is 0 Å². The zero-order valence-electron chi connectivity index (χ0n) is 10.2. The van der Waals surface area contributed by atoms with Crippen LogP contribution in [-0.4, -0.2) is 22.6 Å². The van der Waals surface area contributed by atoms with Gasteiger partial charge >= 0.3 is 0 Å². The Morgan fingerprint density at radius 3 is 2.82 bits per heavy atom.